The molecular weight excluding hydrogens is 202 g/mol. The Hall–Kier alpha value is -0.130. The summed E-state index contributed by atoms with van der Waals surface area (Å²) < 4.78 is 25.4. The summed E-state index contributed by atoms with van der Waals surface area (Å²) in [5, 5.41) is 8.64. The second-order valence-electron chi connectivity index (χ2n) is 4.19. The van der Waals surface area contributed by atoms with Gasteiger partial charge in [0.2, 0.25) is 10.0 Å². The molecule has 1 atom stereocenters. The van der Waals surface area contributed by atoms with E-state index in [1.54, 1.807) is 0 Å². The Labute approximate surface area is 85.8 Å². The van der Waals surface area contributed by atoms with Crippen molar-refractivity contribution in [2.75, 3.05) is 18.9 Å². The predicted molar refractivity (Wildman–Crippen MR) is 55.4 cm³/mol. The minimum atomic E-state index is -3.06. The Morgan fingerprint density at radius 2 is 2.14 bits per heavy atom. The van der Waals surface area contributed by atoms with Gasteiger partial charge in [0.15, 0.2) is 0 Å². The van der Waals surface area contributed by atoms with Crippen LogP contribution in [0.5, 0.6) is 0 Å². The van der Waals surface area contributed by atoms with Crippen LogP contribution in [0.1, 0.15) is 26.2 Å². The van der Waals surface area contributed by atoms with E-state index < -0.39 is 10.0 Å². The van der Waals surface area contributed by atoms with Crippen molar-refractivity contribution in [3.8, 4) is 0 Å². The molecule has 2 N–H and O–H groups in total. The molecule has 1 fully saturated rings. The van der Waals surface area contributed by atoms with E-state index in [2.05, 4.69) is 4.72 Å². The monoisotopic (exact) mass is 221 g/mol. The summed E-state index contributed by atoms with van der Waals surface area (Å²) in [4.78, 5) is 0. The Bertz CT molecular complexity index is 259. The lowest BCUT2D eigenvalue weighted by Gasteiger charge is -2.11. The minimum Gasteiger partial charge on any atom is -0.396 e. The van der Waals surface area contributed by atoms with E-state index in [4.69, 9.17) is 5.11 Å². The second-order valence-corrected chi connectivity index (χ2v) is 6.04. The van der Waals surface area contributed by atoms with E-state index in [1.165, 1.54) is 0 Å². The molecule has 5 heteroatoms. The fourth-order valence-corrected chi connectivity index (χ4v) is 2.86. The Kier molecular flexibility index (Phi) is 4.34. The molecule has 0 aliphatic heterocycles. The number of sulfonamides is 1. The molecule has 0 aromatic rings. The van der Waals surface area contributed by atoms with Crippen LogP contribution in [0.25, 0.3) is 0 Å². The molecule has 0 spiro atoms. The maximum atomic E-state index is 11.4. The highest BCUT2D eigenvalue weighted by Crippen LogP contribution is 2.29. The highest BCUT2D eigenvalue weighted by Gasteiger charge is 2.27. The topological polar surface area (TPSA) is 66.4 Å². The predicted octanol–water partition coefficient (Wildman–Crippen LogP) is 0.334. The van der Waals surface area contributed by atoms with Gasteiger partial charge < -0.3 is 5.11 Å². The van der Waals surface area contributed by atoms with Gasteiger partial charge in [0.1, 0.15) is 0 Å². The van der Waals surface area contributed by atoms with Gasteiger partial charge in [-0.2, -0.15) is 0 Å². The molecule has 1 unspecified atom stereocenters. The maximum absolute atomic E-state index is 11.4. The van der Waals surface area contributed by atoms with Crippen LogP contribution in [0.15, 0.2) is 0 Å². The maximum Gasteiger partial charge on any atom is 0.211 e. The lowest BCUT2D eigenvalue weighted by atomic mass is 10.1. The fourth-order valence-electron chi connectivity index (χ4n) is 1.25. The standard InChI is InChI=1S/C9H19NO3S/c1-8(4-5-11)6-10-14(12,13)7-9-2-3-9/h8-11H,2-7H2,1H3. The molecule has 1 aliphatic carbocycles. The van der Waals surface area contributed by atoms with Crippen LogP contribution >= 0.6 is 0 Å². The van der Waals surface area contributed by atoms with Crippen molar-refractivity contribution < 1.29 is 13.5 Å². The molecular formula is C9H19NO3S. The van der Waals surface area contributed by atoms with Gasteiger partial charge in [0.25, 0.3) is 0 Å². The van der Waals surface area contributed by atoms with E-state index in [-0.39, 0.29) is 18.3 Å². The van der Waals surface area contributed by atoms with Gasteiger partial charge in [0.05, 0.1) is 5.75 Å². The first-order valence-corrected chi connectivity index (χ1v) is 6.77. The first kappa shape index (κ1) is 11.9. The molecule has 0 amide bonds. The van der Waals surface area contributed by atoms with Crippen LogP contribution < -0.4 is 4.72 Å². The van der Waals surface area contributed by atoms with E-state index in [9.17, 15) is 8.42 Å². The molecule has 0 radical (unpaired) electrons. The van der Waals surface area contributed by atoms with Gasteiger partial charge in [-0.25, -0.2) is 13.1 Å². The summed E-state index contributed by atoms with van der Waals surface area (Å²) >= 11 is 0. The van der Waals surface area contributed by atoms with Crippen molar-refractivity contribution in [2.45, 2.75) is 26.2 Å². The number of nitrogens with one attached hydrogen (secondary N) is 1. The average molecular weight is 221 g/mol. The summed E-state index contributed by atoms with van der Waals surface area (Å²) in [6.45, 7) is 2.48. The molecule has 14 heavy (non-hydrogen) atoms. The van der Waals surface area contributed by atoms with Crippen LogP contribution in [0.2, 0.25) is 0 Å². The van der Waals surface area contributed by atoms with Crippen LogP contribution in [0.3, 0.4) is 0 Å². The van der Waals surface area contributed by atoms with Crippen molar-refractivity contribution >= 4 is 10.0 Å². The number of hydrogen-bond donors (Lipinski definition) is 2. The molecule has 84 valence electrons. The van der Waals surface area contributed by atoms with Gasteiger partial charge in [0, 0.05) is 13.2 Å². The molecule has 0 bridgehead atoms. The highest BCUT2D eigenvalue weighted by molar-refractivity contribution is 7.89. The number of rotatable bonds is 7. The fraction of sp³-hybridized carbons (Fsp3) is 1.00. The first-order valence-electron chi connectivity index (χ1n) is 5.11. The van der Waals surface area contributed by atoms with Gasteiger partial charge in [-0.05, 0) is 31.1 Å². The third kappa shape index (κ3) is 4.93. The number of aliphatic hydroxyl groups is 1. The van der Waals surface area contributed by atoms with E-state index in [1.807, 2.05) is 6.92 Å². The molecule has 0 aromatic heterocycles. The van der Waals surface area contributed by atoms with Crippen LogP contribution in [-0.4, -0.2) is 32.4 Å². The SMILES string of the molecule is CC(CCO)CNS(=O)(=O)CC1CC1. The molecule has 0 aromatic carbocycles. The third-order valence-electron chi connectivity index (χ3n) is 2.43. The molecule has 1 aliphatic rings. The number of aliphatic hydroxyl groups excluding tert-OH is 1. The highest BCUT2D eigenvalue weighted by atomic mass is 32.2. The number of hydrogen-bond acceptors (Lipinski definition) is 3. The molecule has 1 rings (SSSR count). The van der Waals surface area contributed by atoms with Crippen LogP contribution in [0, 0.1) is 11.8 Å². The lowest BCUT2D eigenvalue weighted by molar-refractivity contribution is 0.263. The third-order valence-corrected chi connectivity index (χ3v) is 3.94. The normalized spacial score (nSPS) is 19.6. The zero-order valence-electron chi connectivity index (χ0n) is 8.57. The summed E-state index contributed by atoms with van der Waals surface area (Å²) in [5.74, 6) is 0.869. The molecule has 1 saturated carbocycles. The van der Waals surface area contributed by atoms with Gasteiger partial charge >= 0.3 is 0 Å². The van der Waals surface area contributed by atoms with Gasteiger partial charge in [-0.3, -0.25) is 0 Å². The van der Waals surface area contributed by atoms with E-state index in [0.29, 0.717) is 18.9 Å². The zero-order chi connectivity index (χ0) is 10.6. The van der Waals surface area contributed by atoms with Crippen molar-refractivity contribution in [1.82, 2.24) is 4.72 Å². The summed E-state index contributed by atoms with van der Waals surface area (Å²) in [5.41, 5.74) is 0. The molecule has 0 saturated heterocycles. The van der Waals surface area contributed by atoms with Crippen molar-refractivity contribution in [3.63, 3.8) is 0 Å². The van der Waals surface area contributed by atoms with Crippen molar-refractivity contribution in [1.29, 1.82) is 0 Å². The van der Waals surface area contributed by atoms with Crippen molar-refractivity contribution in [3.05, 3.63) is 0 Å². The Balaban J connectivity index is 2.20. The smallest absolute Gasteiger partial charge is 0.211 e. The molecule has 0 heterocycles. The lowest BCUT2D eigenvalue weighted by Crippen LogP contribution is -2.31. The average Bonchev–Trinajstić information content (AvgIpc) is 2.85. The van der Waals surface area contributed by atoms with E-state index in [0.717, 1.165) is 12.8 Å². The van der Waals surface area contributed by atoms with Crippen molar-refractivity contribution in [2.24, 2.45) is 11.8 Å². The summed E-state index contributed by atoms with van der Waals surface area (Å²) in [6, 6.07) is 0. The van der Waals surface area contributed by atoms with Gasteiger partial charge in [-0.1, -0.05) is 6.92 Å². The molecule has 4 nitrogen and oxygen atoms in total. The quantitative estimate of drug-likeness (QED) is 0.651. The Morgan fingerprint density at radius 1 is 1.50 bits per heavy atom. The Morgan fingerprint density at radius 3 is 2.64 bits per heavy atom. The van der Waals surface area contributed by atoms with Gasteiger partial charge in [-0.15, -0.1) is 0 Å². The first-order chi connectivity index (χ1) is 6.53. The zero-order valence-corrected chi connectivity index (χ0v) is 9.39. The van der Waals surface area contributed by atoms with Crippen LogP contribution in [0.4, 0.5) is 0 Å². The minimum absolute atomic E-state index is 0.117. The van der Waals surface area contributed by atoms with Crippen LogP contribution in [-0.2, 0) is 10.0 Å². The summed E-state index contributed by atoms with van der Waals surface area (Å²) in [7, 11) is -3.06. The second kappa shape index (κ2) is 5.09. The van der Waals surface area contributed by atoms with E-state index >= 15 is 0 Å². The summed E-state index contributed by atoms with van der Waals surface area (Å²) in [6.07, 6.45) is 2.74. The largest absolute Gasteiger partial charge is 0.396 e.